The molecule has 0 spiro atoms. The van der Waals surface area contributed by atoms with E-state index in [1.165, 1.54) is 24.3 Å². The minimum Gasteiger partial charge on any atom is -0.507 e. The molecule has 0 atom stereocenters. The first-order chi connectivity index (χ1) is 8.97. The monoisotopic (exact) mass is 387 g/mol. The highest BCUT2D eigenvalue weighted by molar-refractivity contribution is 9.11. The van der Waals surface area contributed by atoms with E-state index in [9.17, 15) is 14.3 Å². The first-order valence-corrected chi connectivity index (χ1v) is 6.81. The standard InChI is InChI=1S/C13H8Br2FNO2/c14-9-3-1-7(5-12(9)18)13(19)17-11-4-2-8(16)6-10(11)15/h1-6,18H,(H,17,19). The lowest BCUT2D eigenvalue weighted by Gasteiger charge is -2.08. The molecule has 19 heavy (non-hydrogen) atoms. The third-order valence-electron chi connectivity index (χ3n) is 2.39. The van der Waals surface area contributed by atoms with Crippen LogP contribution in [0.4, 0.5) is 10.1 Å². The normalized spacial score (nSPS) is 10.3. The minimum atomic E-state index is -0.397. The number of hydrogen-bond acceptors (Lipinski definition) is 2. The topological polar surface area (TPSA) is 49.3 Å². The number of nitrogens with one attached hydrogen (secondary N) is 1. The summed E-state index contributed by atoms with van der Waals surface area (Å²) in [5.74, 6) is -0.813. The molecule has 2 aromatic rings. The number of rotatable bonds is 2. The summed E-state index contributed by atoms with van der Waals surface area (Å²) in [6.45, 7) is 0. The van der Waals surface area contributed by atoms with E-state index in [0.717, 1.165) is 0 Å². The third-order valence-corrected chi connectivity index (χ3v) is 3.71. The zero-order chi connectivity index (χ0) is 14.0. The summed E-state index contributed by atoms with van der Waals surface area (Å²) < 4.78 is 13.9. The van der Waals surface area contributed by atoms with Crippen molar-refractivity contribution in [3.63, 3.8) is 0 Å². The van der Waals surface area contributed by atoms with Gasteiger partial charge in [0, 0.05) is 10.0 Å². The van der Waals surface area contributed by atoms with Crippen LogP contribution in [0.1, 0.15) is 10.4 Å². The van der Waals surface area contributed by atoms with Gasteiger partial charge in [0.05, 0.1) is 10.2 Å². The van der Waals surface area contributed by atoms with Gasteiger partial charge in [0.25, 0.3) is 5.91 Å². The Bertz CT molecular complexity index is 647. The molecule has 6 heteroatoms. The van der Waals surface area contributed by atoms with Crippen LogP contribution in [-0.4, -0.2) is 11.0 Å². The lowest BCUT2D eigenvalue weighted by atomic mass is 10.2. The van der Waals surface area contributed by atoms with Gasteiger partial charge in [-0.3, -0.25) is 4.79 Å². The van der Waals surface area contributed by atoms with Crippen molar-refractivity contribution in [1.82, 2.24) is 0 Å². The second-order valence-electron chi connectivity index (χ2n) is 3.74. The Balaban J connectivity index is 2.23. The Morgan fingerprint density at radius 2 is 1.84 bits per heavy atom. The lowest BCUT2D eigenvalue weighted by molar-refractivity contribution is 0.102. The van der Waals surface area contributed by atoms with Gasteiger partial charge in [0.2, 0.25) is 0 Å². The molecule has 98 valence electrons. The van der Waals surface area contributed by atoms with Crippen molar-refractivity contribution in [2.24, 2.45) is 0 Å². The quantitative estimate of drug-likeness (QED) is 0.805. The van der Waals surface area contributed by atoms with Crippen LogP contribution in [0.25, 0.3) is 0 Å². The van der Waals surface area contributed by atoms with E-state index < -0.39 is 11.7 Å². The number of benzene rings is 2. The fourth-order valence-electron chi connectivity index (χ4n) is 1.44. The average Bonchev–Trinajstić information content (AvgIpc) is 2.36. The number of carbonyl (C=O) groups is 1. The zero-order valence-corrected chi connectivity index (χ0v) is 12.6. The number of anilines is 1. The summed E-state index contributed by atoms with van der Waals surface area (Å²) in [5, 5.41) is 12.1. The molecule has 0 bridgehead atoms. The maximum absolute atomic E-state index is 12.9. The lowest BCUT2D eigenvalue weighted by Crippen LogP contribution is -2.12. The number of carbonyl (C=O) groups excluding carboxylic acids is 1. The van der Waals surface area contributed by atoms with Crippen molar-refractivity contribution in [3.05, 3.63) is 56.7 Å². The summed E-state index contributed by atoms with van der Waals surface area (Å²) in [5.41, 5.74) is 0.755. The van der Waals surface area contributed by atoms with Gasteiger partial charge in [-0.1, -0.05) is 0 Å². The van der Waals surface area contributed by atoms with Crippen LogP contribution >= 0.6 is 31.9 Å². The van der Waals surface area contributed by atoms with Crippen LogP contribution < -0.4 is 5.32 Å². The number of phenols is 1. The SMILES string of the molecule is O=C(Nc1ccc(F)cc1Br)c1ccc(Br)c(O)c1. The fraction of sp³-hybridized carbons (Fsp3) is 0. The van der Waals surface area contributed by atoms with Crippen LogP contribution in [0.2, 0.25) is 0 Å². The van der Waals surface area contributed by atoms with E-state index in [1.807, 2.05) is 0 Å². The molecule has 0 heterocycles. The number of aromatic hydroxyl groups is 1. The maximum atomic E-state index is 12.9. The summed E-state index contributed by atoms with van der Waals surface area (Å²) in [6.07, 6.45) is 0. The smallest absolute Gasteiger partial charge is 0.255 e. The van der Waals surface area contributed by atoms with Crippen molar-refractivity contribution >= 4 is 43.5 Å². The second kappa shape index (κ2) is 5.71. The van der Waals surface area contributed by atoms with E-state index in [2.05, 4.69) is 37.2 Å². The Morgan fingerprint density at radius 3 is 2.47 bits per heavy atom. The van der Waals surface area contributed by atoms with E-state index in [-0.39, 0.29) is 5.75 Å². The molecule has 2 N–H and O–H groups in total. The van der Waals surface area contributed by atoms with Gasteiger partial charge in [-0.25, -0.2) is 4.39 Å². The van der Waals surface area contributed by atoms with Gasteiger partial charge in [0.15, 0.2) is 0 Å². The zero-order valence-electron chi connectivity index (χ0n) is 9.45. The molecule has 2 aromatic carbocycles. The summed E-state index contributed by atoms with van der Waals surface area (Å²) in [7, 11) is 0. The molecule has 1 amide bonds. The average molecular weight is 389 g/mol. The molecule has 0 radical (unpaired) electrons. The minimum absolute atomic E-state index is 0.0224. The molecule has 0 saturated heterocycles. The molecule has 2 rings (SSSR count). The Kier molecular flexibility index (Phi) is 4.21. The highest BCUT2D eigenvalue weighted by Crippen LogP contribution is 2.26. The van der Waals surface area contributed by atoms with Crippen molar-refractivity contribution in [2.45, 2.75) is 0 Å². The highest BCUT2D eigenvalue weighted by atomic mass is 79.9. The second-order valence-corrected chi connectivity index (χ2v) is 5.45. The van der Waals surface area contributed by atoms with Gasteiger partial charge >= 0.3 is 0 Å². The number of amides is 1. The molecule has 0 aliphatic carbocycles. The van der Waals surface area contributed by atoms with Gasteiger partial charge < -0.3 is 10.4 Å². The Labute approximate surface area is 125 Å². The van der Waals surface area contributed by atoms with Gasteiger partial charge in [0.1, 0.15) is 11.6 Å². The van der Waals surface area contributed by atoms with Crippen LogP contribution in [0.3, 0.4) is 0 Å². The predicted molar refractivity (Wildman–Crippen MR) is 77.9 cm³/mol. The largest absolute Gasteiger partial charge is 0.507 e. The van der Waals surface area contributed by atoms with Gasteiger partial charge in [-0.15, -0.1) is 0 Å². The van der Waals surface area contributed by atoms with Crippen molar-refractivity contribution in [1.29, 1.82) is 0 Å². The highest BCUT2D eigenvalue weighted by Gasteiger charge is 2.10. The van der Waals surface area contributed by atoms with Crippen LogP contribution in [0.5, 0.6) is 5.75 Å². The van der Waals surface area contributed by atoms with E-state index >= 15 is 0 Å². The van der Waals surface area contributed by atoms with E-state index in [1.54, 1.807) is 12.1 Å². The summed E-state index contributed by atoms with van der Waals surface area (Å²) in [4.78, 5) is 12.0. The molecular formula is C13H8Br2FNO2. The van der Waals surface area contributed by atoms with E-state index in [0.29, 0.717) is 20.2 Å². The first kappa shape index (κ1) is 14.0. The summed E-state index contributed by atoms with van der Waals surface area (Å²) >= 11 is 6.30. The van der Waals surface area contributed by atoms with Crippen molar-refractivity contribution in [2.75, 3.05) is 5.32 Å². The molecule has 3 nitrogen and oxygen atoms in total. The first-order valence-electron chi connectivity index (χ1n) is 5.22. The van der Waals surface area contributed by atoms with Gasteiger partial charge in [-0.2, -0.15) is 0 Å². The molecule has 0 aromatic heterocycles. The number of phenolic OH excluding ortho intramolecular Hbond substituents is 1. The Morgan fingerprint density at radius 1 is 1.11 bits per heavy atom. The van der Waals surface area contributed by atoms with Crippen molar-refractivity contribution < 1.29 is 14.3 Å². The van der Waals surface area contributed by atoms with Crippen molar-refractivity contribution in [3.8, 4) is 5.75 Å². The number of hydrogen-bond donors (Lipinski definition) is 2. The van der Waals surface area contributed by atoms with E-state index in [4.69, 9.17) is 0 Å². The maximum Gasteiger partial charge on any atom is 0.255 e. The molecule has 0 unspecified atom stereocenters. The predicted octanol–water partition coefficient (Wildman–Crippen LogP) is 4.31. The van der Waals surface area contributed by atoms with Gasteiger partial charge in [-0.05, 0) is 68.3 Å². The Hall–Kier alpha value is -1.40. The molecule has 0 saturated carbocycles. The van der Waals surface area contributed by atoms with Crippen LogP contribution in [0, 0.1) is 5.82 Å². The molecule has 0 aliphatic heterocycles. The fourth-order valence-corrected chi connectivity index (χ4v) is 2.14. The molecule has 0 fully saturated rings. The summed E-state index contributed by atoms with van der Waals surface area (Å²) in [6, 6.07) is 8.45. The molecule has 0 aliphatic rings. The third kappa shape index (κ3) is 3.33. The number of halogens is 3. The van der Waals surface area contributed by atoms with Crippen LogP contribution in [-0.2, 0) is 0 Å². The molecular weight excluding hydrogens is 381 g/mol. The van der Waals surface area contributed by atoms with Crippen LogP contribution in [0.15, 0.2) is 45.3 Å².